The molecule has 126 valence electrons. The van der Waals surface area contributed by atoms with Gasteiger partial charge in [0.05, 0.1) is 16.8 Å². The highest BCUT2D eigenvalue weighted by Gasteiger charge is 2.15. The number of aliphatic imine (C=N–C) groups is 1. The van der Waals surface area contributed by atoms with Crippen molar-refractivity contribution in [2.75, 3.05) is 13.1 Å². The second-order valence-corrected chi connectivity index (χ2v) is 5.88. The predicted octanol–water partition coefficient (Wildman–Crippen LogP) is 3.75. The summed E-state index contributed by atoms with van der Waals surface area (Å²) in [5.74, 6) is -0.0260. The van der Waals surface area contributed by atoms with E-state index in [2.05, 4.69) is 20.5 Å². The van der Waals surface area contributed by atoms with Crippen LogP contribution < -0.4 is 5.32 Å². The highest BCUT2D eigenvalue weighted by molar-refractivity contribution is 6.03. The Morgan fingerprint density at radius 2 is 1.88 bits per heavy atom. The normalized spacial score (nSPS) is 14.7. The van der Waals surface area contributed by atoms with Crippen LogP contribution in [0, 0.1) is 11.6 Å². The highest BCUT2D eigenvalue weighted by Crippen LogP contribution is 2.23. The summed E-state index contributed by atoms with van der Waals surface area (Å²) >= 11 is 0. The Hall–Kier alpha value is -3.02. The van der Waals surface area contributed by atoms with E-state index < -0.39 is 0 Å². The van der Waals surface area contributed by atoms with Crippen LogP contribution in [-0.4, -0.2) is 29.1 Å². The molecule has 0 bridgehead atoms. The number of aromatic amines is 1. The van der Waals surface area contributed by atoms with Gasteiger partial charge in [0.25, 0.3) is 0 Å². The maximum absolute atomic E-state index is 14.4. The summed E-state index contributed by atoms with van der Waals surface area (Å²) in [7, 11) is 0. The van der Waals surface area contributed by atoms with E-state index in [4.69, 9.17) is 0 Å². The maximum Gasteiger partial charge on any atom is 0.136 e. The number of nitrogens with zero attached hydrogens (tertiary/aromatic N) is 2. The average Bonchev–Trinajstić information content (AvgIpc) is 3.03. The van der Waals surface area contributed by atoms with Crippen molar-refractivity contribution in [1.29, 1.82) is 0 Å². The molecule has 25 heavy (non-hydrogen) atoms. The molecule has 0 unspecified atom stereocenters. The lowest BCUT2D eigenvalue weighted by Gasteiger charge is -2.15. The van der Waals surface area contributed by atoms with Gasteiger partial charge in [-0.05, 0) is 36.3 Å². The van der Waals surface area contributed by atoms with Gasteiger partial charge < -0.3 is 5.32 Å². The second-order valence-electron chi connectivity index (χ2n) is 5.88. The number of hydrogen-bond donors (Lipinski definition) is 2. The van der Waals surface area contributed by atoms with Gasteiger partial charge in [0.1, 0.15) is 17.5 Å². The molecular formula is C19H16F2N4. The fraction of sp³-hybridized carbons (Fsp3) is 0.158. The van der Waals surface area contributed by atoms with Crippen molar-refractivity contribution in [2.45, 2.75) is 6.42 Å². The van der Waals surface area contributed by atoms with E-state index in [9.17, 15) is 8.78 Å². The molecule has 0 atom stereocenters. The largest absolute Gasteiger partial charge is 0.370 e. The van der Waals surface area contributed by atoms with Crippen molar-refractivity contribution in [3.05, 3.63) is 64.9 Å². The Kier molecular flexibility index (Phi) is 4.01. The van der Waals surface area contributed by atoms with Crippen molar-refractivity contribution in [1.82, 2.24) is 15.5 Å². The zero-order valence-electron chi connectivity index (χ0n) is 13.4. The number of H-pyrrole nitrogens is 1. The van der Waals surface area contributed by atoms with E-state index in [1.54, 1.807) is 18.2 Å². The second kappa shape index (κ2) is 6.47. The first-order valence-electron chi connectivity index (χ1n) is 8.11. The fourth-order valence-electron chi connectivity index (χ4n) is 2.83. The van der Waals surface area contributed by atoms with Gasteiger partial charge in [0.2, 0.25) is 0 Å². The Bertz CT molecular complexity index is 971. The summed E-state index contributed by atoms with van der Waals surface area (Å²) in [5, 5.41) is 11.0. The molecule has 1 aromatic heterocycles. The molecule has 1 aliphatic heterocycles. The van der Waals surface area contributed by atoms with E-state index in [-0.39, 0.29) is 11.6 Å². The van der Waals surface area contributed by atoms with Crippen molar-refractivity contribution in [2.24, 2.45) is 4.99 Å². The van der Waals surface area contributed by atoms with Crippen molar-refractivity contribution < 1.29 is 8.78 Å². The molecule has 1 aliphatic rings. The van der Waals surface area contributed by atoms with Crippen LogP contribution in [0.2, 0.25) is 0 Å². The molecule has 0 saturated heterocycles. The molecule has 2 N–H and O–H groups in total. The van der Waals surface area contributed by atoms with Gasteiger partial charge in [-0.2, -0.15) is 5.10 Å². The molecule has 3 aromatic rings. The zero-order chi connectivity index (χ0) is 17.2. The summed E-state index contributed by atoms with van der Waals surface area (Å²) in [6, 6.07) is 9.38. The summed E-state index contributed by atoms with van der Waals surface area (Å²) in [5.41, 5.74) is 2.62. The number of nitrogens with one attached hydrogen (secondary N) is 2. The number of hydrogen-bond acceptors (Lipinski definition) is 3. The van der Waals surface area contributed by atoms with E-state index >= 15 is 0 Å². The van der Waals surface area contributed by atoms with E-state index in [0.717, 1.165) is 23.9 Å². The third-order valence-corrected chi connectivity index (χ3v) is 4.14. The summed E-state index contributed by atoms with van der Waals surface area (Å²) in [6.07, 6.45) is 4.61. The van der Waals surface area contributed by atoms with Crippen LogP contribution in [0.1, 0.15) is 23.2 Å². The number of benzene rings is 2. The molecule has 0 saturated carbocycles. The van der Waals surface area contributed by atoms with Gasteiger partial charge in [-0.3, -0.25) is 10.1 Å². The minimum Gasteiger partial charge on any atom is -0.370 e. The van der Waals surface area contributed by atoms with Crippen LogP contribution in [-0.2, 0) is 0 Å². The van der Waals surface area contributed by atoms with E-state index in [1.165, 1.54) is 18.2 Å². The third kappa shape index (κ3) is 3.15. The predicted molar refractivity (Wildman–Crippen MR) is 95.4 cm³/mol. The number of fused-ring (bicyclic) bond motifs is 1. The molecule has 4 nitrogen and oxygen atoms in total. The van der Waals surface area contributed by atoms with Crippen LogP contribution >= 0.6 is 0 Å². The molecule has 2 heterocycles. The lowest BCUT2D eigenvalue weighted by atomic mass is 10.1. The van der Waals surface area contributed by atoms with Gasteiger partial charge in [0.15, 0.2) is 0 Å². The van der Waals surface area contributed by atoms with Gasteiger partial charge in [-0.15, -0.1) is 0 Å². The topological polar surface area (TPSA) is 53.1 Å². The third-order valence-electron chi connectivity index (χ3n) is 4.14. The molecule has 0 amide bonds. The SMILES string of the molecule is Fc1ccc(/C=C/c2n[nH]c3cc(F)c(C4=NCCCN4)cc23)cc1. The van der Waals surface area contributed by atoms with Crippen molar-refractivity contribution in [3.8, 4) is 0 Å². The monoisotopic (exact) mass is 338 g/mol. The first-order valence-corrected chi connectivity index (χ1v) is 8.11. The standard InChI is InChI=1S/C19H16F2N4/c20-13-5-2-12(3-6-13)4-7-17-15-10-14(19-22-8-1-9-23-19)16(21)11-18(15)25-24-17/h2-7,10-11H,1,8-9H2,(H,22,23)(H,24,25)/b7-4+. The number of rotatable bonds is 3. The number of amidine groups is 1. The van der Waals surface area contributed by atoms with Crippen LogP contribution in [0.25, 0.3) is 23.1 Å². The van der Waals surface area contributed by atoms with Gasteiger partial charge in [0, 0.05) is 24.5 Å². The quantitative estimate of drug-likeness (QED) is 0.764. The average molecular weight is 338 g/mol. The molecule has 2 aromatic carbocycles. The Labute approximate surface area is 143 Å². The smallest absolute Gasteiger partial charge is 0.136 e. The van der Waals surface area contributed by atoms with Gasteiger partial charge >= 0.3 is 0 Å². The Morgan fingerprint density at radius 1 is 1.04 bits per heavy atom. The molecule has 0 aliphatic carbocycles. The molecule has 0 fully saturated rings. The lowest BCUT2D eigenvalue weighted by molar-refractivity contribution is 0.623. The number of halogens is 2. The maximum atomic E-state index is 14.4. The summed E-state index contributed by atoms with van der Waals surface area (Å²) in [4.78, 5) is 4.36. The summed E-state index contributed by atoms with van der Waals surface area (Å²) < 4.78 is 27.4. The highest BCUT2D eigenvalue weighted by atomic mass is 19.1. The van der Waals surface area contributed by atoms with Crippen LogP contribution in [0.4, 0.5) is 8.78 Å². The molecule has 4 rings (SSSR count). The van der Waals surface area contributed by atoms with Gasteiger partial charge in [-0.1, -0.05) is 18.2 Å². The van der Waals surface area contributed by atoms with Crippen LogP contribution in [0.15, 0.2) is 41.4 Å². The first kappa shape index (κ1) is 15.5. The fourth-order valence-corrected chi connectivity index (χ4v) is 2.83. The minimum atomic E-state index is -0.335. The van der Waals surface area contributed by atoms with Crippen molar-refractivity contribution in [3.63, 3.8) is 0 Å². The van der Waals surface area contributed by atoms with Gasteiger partial charge in [-0.25, -0.2) is 8.78 Å². The van der Waals surface area contributed by atoms with Crippen LogP contribution in [0.3, 0.4) is 0 Å². The minimum absolute atomic E-state index is 0.275. The zero-order valence-corrected chi connectivity index (χ0v) is 13.4. The summed E-state index contributed by atoms with van der Waals surface area (Å²) in [6.45, 7) is 1.49. The first-order chi connectivity index (χ1) is 12.2. The molecule has 6 heteroatoms. The van der Waals surface area contributed by atoms with Crippen LogP contribution in [0.5, 0.6) is 0 Å². The number of aromatic nitrogens is 2. The van der Waals surface area contributed by atoms with E-state index in [1.807, 2.05) is 12.2 Å². The van der Waals surface area contributed by atoms with E-state index in [0.29, 0.717) is 29.2 Å². The molecule has 0 radical (unpaired) electrons. The molecular weight excluding hydrogens is 322 g/mol. The van der Waals surface area contributed by atoms with Crippen molar-refractivity contribution >= 4 is 28.9 Å². The lowest BCUT2D eigenvalue weighted by Crippen LogP contribution is -2.30. The Balaban J connectivity index is 1.72. The Morgan fingerprint density at radius 3 is 2.64 bits per heavy atom. The molecule has 0 spiro atoms.